The number of piperidine rings is 1. The van der Waals surface area contributed by atoms with Gasteiger partial charge in [-0.3, -0.25) is 9.59 Å². The topological polar surface area (TPSA) is 88.1 Å². The molecule has 3 rings (SSSR count). The van der Waals surface area contributed by atoms with E-state index in [-0.39, 0.29) is 18.4 Å². The van der Waals surface area contributed by atoms with Gasteiger partial charge in [-0.25, -0.2) is 0 Å². The van der Waals surface area contributed by atoms with Gasteiger partial charge < -0.3 is 24.8 Å². The van der Waals surface area contributed by atoms with E-state index < -0.39 is 17.2 Å². The van der Waals surface area contributed by atoms with E-state index in [2.05, 4.69) is 5.32 Å². The lowest BCUT2D eigenvalue weighted by Gasteiger charge is -2.53. The maximum atomic E-state index is 12.5. The van der Waals surface area contributed by atoms with Crippen LogP contribution in [-0.2, 0) is 14.3 Å². The minimum Gasteiger partial charge on any atom is -0.388 e. The lowest BCUT2D eigenvalue weighted by Crippen LogP contribution is -2.69. The first-order chi connectivity index (χ1) is 12.4. The molecule has 2 amide bonds. The van der Waals surface area contributed by atoms with Crippen LogP contribution in [0.15, 0.2) is 17.5 Å². The average molecular weight is 382 g/mol. The zero-order valence-corrected chi connectivity index (χ0v) is 16.0. The van der Waals surface area contributed by atoms with Crippen LogP contribution in [0.25, 0.3) is 0 Å². The molecule has 3 heterocycles. The van der Waals surface area contributed by atoms with Crippen molar-refractivity contribution >= 4 is 23.2 Å². The highest BCUT2D eigenvalue weighted by Crippen LogP contribution is 2.40. The van der Waals surface area contributed by atoms with Gasteiger partial charge in [-0.15, -0.1) is 11.3 Å². The summed E-state index contributed by atoms with van der Waals surface area (Å²) in [5.41, 5.74) is -1.51. The number of carbonyl (C=O) groups is 2. The van der Waals surface area contributed by atoms with Crippen molar-refractivity contribution in [3.05, 3.63) is 22.4 Å². The fraction of sp³-hybridized carbons (Fsp3) is 0.667. The van der Waals surface area contributed by atoms with Crippen molar-refractivity contribution in [3.8, 4) is 0 Å². The third kappa shape index (κ3) is 3.64. The molecule has 144 valence electrons. The summed E-state index contributed by atoms with van der Waals surface area (Å²) in [7, 11) is 1.46. The van der Waals surface area contributed by atoms with Gasteiger partial charge in [0.05, 0.1) is 16.0 Å². The standard InChI is InChI=1S/C18H26N2O5S/c1-17(19-14(21)12-24-2)7-10-25-18(16(17)23)5-8-20(9-6-18)15(22)13-4-3-11-26-13/h3-4,11,16,23H,5-10,12H2,1-2H3,(H,19,21)/t16-,17+/m0/s1. The molecule has 0 aliphatic carbocycles. The Morgan fingerprint density at radius 3 is 2.77 bits per heavy atom. The molecular formula is C18H26N2O5S. The number of likely N-dealkylation sites (tertiary alicyclic amines) is 1. The second-order valence-electron chi connectivity index (χ2n) is 7.23. The number of rotatable bonds is 4. The molecule has 0 bridgehead atoms. The fourth-order valence-corrected chi connectivity index (χ4v) is 4.63. The summed E-state index contributed by atoms with van der Waals surface area (Å²) in [6, 6.07) is 3.69. The molecule has 2 fully saturated rings. The average Bonchev–Trinajstić information content (AvgIpc) is 3.15. The van der Waals surface area contributed by atoms with Crippen LogP contribution in [0.4, 0.5) is 0 Å². The van der Waals surface area contributed by atoms with Crippen LogP contribution in [0.3, 0.4) is 0 Å². The predicted octanol–water partition coefficient (Wildman–Crippen LogP) is 1.03. The summed E-state index contributed by atoms with van der Waals surface area (Å²) < 4.78 is 10.9. The number of thiophene rings is 1. The van der Waals surface area contributed by atoms with Crippen molar-refractivity contribution in [1.29, 1.82) is 0 Å². The molecule has 0 saturated carbocycles. The molecule has 1 aromatic heterocycles. The number of nitrogens with zero attached hydrogens (tertiary/aromatic N) is 1. The van der Waals surface area contributed by atoms with Crippen LogP contribution in [0, 0.1) is 0 Å². The van der Waals surface area contributed by atoms with E-state index in [1.807, 2.05) is 29.3 Å². The molecule has 2 saturated heterocycles. The number of nitrogens with one attached hydrogen (secondary N) is 1. The monoisotopic (exact) mass is 382 g/mol. The number of ether oxygens (including phenoxy) is 2. The molecule has 1 spiro atoms. The number of methoxy groups -OCH3 is 1. The molecule has 2 N–H and O–H groups in total. The highest BCUT2D eigenvalue weighted by atomic mass is 32.1. The van der Waals surface area contributed by atoms with Crippen molar-refractivity contribution in [2.75, 3.05) is 33.4 Å². The van der Waals surface area contributed by atoms with Crippen LogP contribution in [0.2, 0.25) is 0 Å². The number of amides is 2. The van der Waals surface area contributed by atoms with Gasteiger partial charge in [0.25, 0.3) is 5.91 Å². The molecule has 26 heavy (non-hydrogen) atoms. The quantitative estimate of drug-likeness (QED) is 0.812. The summed E-state index contributed by atoms with van der Waals surface area (Å²) in [4.78, 5) is 27.0. The van der Waals surface area contributed by atoms with Crippen molar-refractivity contribution in [3.63, 3.8) is 0 Å². The third-order valence-electron chi connectivity index (χ3n) is 5.44. The van der Waals surface area contributed by atoms with Gasteiger partial charge in [0.1, 0.15) is 12.7 Å². The lowest BCUT2D eigenvalue weighted by molar-refractivity contribution is -0.205. The zero-order chi connectivity index (χ0) is 18.8. The first kappa shape index (κ1) is 19.3. The van der Waals surface area contributed by atoms with Crippen molar-refractivity contribution in [1.82, 2.24) is 10.2 Å². The van der Waals surface area contributed by atoms with E-state index in [0.29, 0.717) is 39.0 Å². The number of hydrogen-bond donors (Lipinski definition) is 2. The molecular weight excluding hydrogens is 356 g/mol. The molecule has 0 radical (unpaired) electrons. The van der Waals surface area contributed by atoms with Crippen LogP contribution in [-0.4, -0.2) is 72.5 Å². The highest BCUT2D eigenvalue weighted by molar-refractivity contribution is 7.12. The first-order valence-corrected chi connectivity index (χ1v) is 9.73. The van der Waals surface area contributed by atoms with Crippen LogP contribution in [0.5, 0.6) is 0 Å². The minimum absolute atomic E-state index is 0.0244. The van der Waals surface area contributed by atoms with E-state index in [9.17, 15) is 14.7 Å². The number of hydrogen-bond acceptors (Lipinski definition) is 6. The second-order valence-corrected chi connectivity index (χ2v) is 8.18. The Morgan fingerprint density at radius 2 is 2.15 bits per heavy atom. The second kappa shape index (κ2) is 7.64. The molecule has 1 aromatic rings. The molecule has 8 heteroatoms. The Hall–Kier alpha value is -1.48. The van der Waals surface area contributed by atoms with Gasteiger partial charge in [-0.1, -0.05) is 6.07 Å². The Balaban J connectivity index is 1.67. The molecule has 2 atom stereocenters. The molecule has 0 unspecified atom stereocenters. The highest BCUT2D eigenvalue weighted by Gasteiger charge is 2.54. The number of carbonyl (C=O) groups excluding carboxylic acids is 2. The molecule has 7 nitrogen and oxygen atoms in total. The van der Waals surface area contributed by atoms with Crippen LogP contribution in [0.1, 0.15) is 35.9 Å². The Morgan fingerprint density at radius 1 is 1.42 bits per heavy atom. The van der Waals surface area contributed by atoms with Gasteiger partial charge in [0.15, 0.2) is 0 Å². The van der Waals surface area contributed by atoms with E-state index in [1.54, 1.807) is 0 Å². The summed E-state index contributed by atoms with van der Waals surface area (Å²) in [5.74, 6) is -0.229. The van der Waals surface area contributed by atoms with Gasteiger partial charge in [-0.2, -0.15) is 0 Å². The van der Waals surface area contributed by atoms with Crippen LogP contribution >= 0.6 is 11.3 Å². The van der Waals surface area contributed by atoms with E-state index in [4.69, 9.17) is 9.47 Å². The SMILES string of the molecule is COCC(=O)N[C@]1(C)CCOC2(CCN(C(=O)c3cccs3)CC2)[C@H]1O. The van der Waals surface area contributed by atoms with Crippen LogP contribution < -0.4 is 5.32 Å². The van der Waals surface area contributed by atoms with Crippen molar-refractivity contribution in [2.24, 2.45) is 0 Å². The number of aliphatic hydroxyl groups is 1. The minimum atomic E-state index is -0.844. The lowest BCUT2D eigenvalue weighted by atomic mass is 9.73. The molecule has 2 aliphatic heterocycles. The van der Waals surface area contributed by atoms with Gasteiger partial charge in [0, 0.05) is 26.8 Å². The van der Waals surface area contributed by atoms with Crippen molar-refractivity contribution in [2.45, 2.75) is 43.4 Å². The Kier molecular flexibility index (Phi) is 5.67. The Labute approximate surface area is 157 Å². The van der Waals surface area contributed by atoms with Gasteiger partial charge in [-0.05, 0) is 37.6 Å². The normalized spacial score (nSPS) is 28.1. The molecule has 2 aliphatic rings. The van der Waals surface area contributed by atoms with Gasteiger partial charge in [0.2, 0.25) is 5.91 Å². The fourth-order valence-electron chi connectivity index (χ4n) is 3.94. The van der Waals surface area contributed by atoms with E-state index in [1.165, 1.54) is 18.4 Å². The summed E-state index contributed by atoms with van der Waals surface area (Å²) in [6.45, 7) is 3.31. The number of aliphatic hydroxyl groups excluding tert-OH is 1. The van der Waals surface area contributed by atoms with Crippen molar-refractivity contribution < 1.29 is 24.2 Å². The maximum Gasteiger partial charge on any atom is 0.263 e. The van der Waals surface area contributed by atoms with E-state index >= 15 is 0 Å². The maximum absolute atomic E-state index is 12.5. The summed E-state index contributed by atoms with van der Waals surface area (Å²) in [5, 5.41) is 15.8. The molecule has 0 aromatic carbocycles. The smallest absolute Gasteiger partial charge is 0.263 e. The largest absolute Gasteiger partial charge is 0.388 e. The van der Waals surface area contributed by atoms with Gasteiger partial charge >= 0.3 is 0 Å². The first-order valence-electron chi connectivity index (χ1n) is 8.85. The summed E-state index contributed by atoms with van der Waals surface area (Å²) in [6.07, 6.45) is 0.772. The predicted molar refractivity (Wildman–Crippen MR) is 97.2 cm³/mol. The third-order valence-corrected chi connectivity index (χ3v) is 6.30. The van der Waals surface area contributed by atoms with E-state index in [0.717, 1.165) is 4.88 Å². The Bertz CT molecular complexity index is 642. The summed E-state index contributed by atoms with van der Waals surface area (Å²) >= 11 is 1.43. The zero-order valence-electron chi connectivity index (χ0n) is 15.2.